The van der Waals surface area contributed by atoms with E-state index in [2.05, 4.69) is 16.8 Å². The van der Waals surface area contributed by atoms with E-state index >= 15 is 0 Å². The van der Waals surface area contributed by atoms with Crippen molar-refractivity contribution in [2.24, 2.45) is 4.99 Å². The molecule has 0 saturated heterocycles. The molecule has 1 unspecified atom stereocenters. The maximum atomic E-state index is 12.2. The fraction of sp³-hybridized carbons (Fsp3) is 0.417. The number of aliphatic hydroxyl groups is 1. The lowest BCUT2D eigenvalue weighted by Crippen LogP contribution is -2.19. The van der Waals surface area contributed by atoms with Crippen molar-refractivity contribution in [3.8, 4) is 0 Å². The molecule has 0 bridgehead atoms. The first kappa shape index (κ1) is 12.3. The molecule has 0 aromatic heterocycles. The third kappa shape index (κ3) is 3.38. The van der Waals surface area contributed by atoms with E-state index in [1.165, 1.54) is 0 Å². The second kappa shape index (κ2) is 5.93. The molecule has 1 aromatic carbocycles. The zero-order valence-electron chi connectivity index (χ0n) is 10.8. The van der Waals surface area contributed by atoms with E-state index in [1.54, 1.807) is 24.3 Å². The molecule has 4 nitrogen and oxygen atoms in total. The highest BCUT2D eigenvalue weighted by Gasteiger charge is 2.25. The van der Waals surface area contributed by atoms with Crippen molar-refractivity contribution in [2.45, 2.75) is 30.0 Å². The summed E-state index contributed by atoms with van der Waals surface area (Å²) in [5.41, 5.74) is 1.000. The molecule has 1 N–H and O–H groups in total. The zero-order valence-corrected chi connectivity index (χ0v) is 10.6. The predicted octanol–water partition coefficient (Wildman–Crippen LogP) is 1.57. The Bertz CT molecular complexity index is 485. The minimum Gasteiger partial charge on any atom is -0.396 e. The second-order valence-corrected chi connectivity index (χ2v) is 5.95. The van der Waals surface area contributed by atoms with Crippen LogP contribution in [0.4, 0.5) is 0 Å². The van der Waals surface area contributed by atoms with Crippen LogP contribution in [0.1, 0.15) is 18.4 Å². The molecule has 0 spiro atoms. The molecule has 0 aliphatic carbocycles. The summed E-state index contributed by atoms with van der Waals surface area (Å²) in [5, 5.41) is 3.28. The van der Waals surface area contributed by atoms with Gasteiger partial charge in [0.1, 0.15) is 0 Å². The molecule has 0 amide bonds. The molecule has 0 radical (unpaired) electrons. The van der Waals surface area contributed by atoms with Gasteiger partial charge in [-0.3, -0.25) is 4.99 Å². The van der Waals surface area contributed by atoms with Crippen molar-refractivity contribution in [3.63, 3.8) is 0 Å². The molecule has 1 atom stereocenters. The smallest absolute Gasteiger partial charge is 0.210 e. The Labute approximate surface area is 103 Å². The van der Waals surface area contributed by atoms with E-state index in [0.717, 1.165) is 5.56 Å². The van der Waals surface area contributed by atoms with Crippen LogP contribution in [0.25, 0.3) is 0 Å². The Balaban J connectivity index is 2.89. The van der Waals surface area contributed by atoms with Gasteiger partial charge < -0.3 is 5.11 Å². The largest absolute Gasteiger partial charge is 0.396 e. The molecule has 17 heavy (non-hydrogen) atoms. The lowest BCUT2D eigenvalue weighted by Gasteiger charge is -2.12. The summed E-state index contributed by atoms with van der Waals surface area (Å²) < 4.78 is 31.0. The quantitative estimate of drug-likeness (QED) is 0.595. The summed E-state index contributed by atoms with van der Waals surface area (Å²) >= 11 is 0. The monoisotopic (exact) mass is 257 g/mol. The van der Waals surface area contributed by atoms with Crippen LogP contribution >= 0.6 is 0 Å². The topological polar surface area (TPSA) is 66.7 Å². The average molecular weight is 257 g/mol. The molecular weight excluding hydrogens is 238 g/mol. The Kier molecular flexibility index (Phi) is 4.28. The van der Waals surface area contributed by atoms with Gasteiger partial charge in [0.2, 0.25) is 11.3 Å². The minimum absolute atomic E-state index is 0.190. The number of sulfone groups is 1. The Morgan fingerprint density at radius 1 is 1.47 bits per heavy atom. The van der Waals surface area contributed by atoms with Crippen LogP contribution in [0.3, 0.4) is 0 Å². The fourth-order valence-corrected chi connectivity index (χ4v) is 2.99. The second-order valence-electron chi connectivity index (χ2n) is 3.84. The Hall–Kier alpha value is -1.20. The van der Waals surface area contributed by atoms with Crippen LogP contribution in [0.15, 0.2) is 34.2 Å². The van der Waals surface area contributed by atoms with Crippen molar-refractivity contribution in [3.05, 3.63) is 29.8 Å². The molecule has 1 rings (SSSR count). The van der Waals surface area contributed by atoms with E-state index in [-0.39, 0.29) is 11.5 Å². The van der Waals surface area contributed by atoms with Crippen molar-refractivity contribution in [1.29, 1.82) is 1.43 Å². The molecule has 0 aliphatic rings. The highest BCUT2D eigenvalue weighted by molar-refractivity contribution is 7.92. The number of hydrogen-bond acceptors (Lipinski definition) is 4. The SMILES string of the molecule is [3H]OCCCC(N=C)S(=O)(=O)c1ccc(C)cc1. The summed E-state index contributed by atoms with van der Waals surface area (Å²) in [7, 11) is -3.49. The van der Waals surface area contributed by atoms with E-state index in [1.807, 2.05) is 6.92 Å². The minimum atomic E-state index is -3.49. The summed E-state index contributed by atoms with van der Waals surface area (Å²) in [5.74, 6) is 0. The van der Waals surface area contributed by atoms with Gasteiger partial charge in [-0.2, -0.15) is 0 Å². The molecule has 0 fully saturated rings. The van der Waals surface area contributed by atoms with Gasteiger partial charge >= 0.3 is 0 Å². The number of rotatable bonds is 7. The van der Waals surface area contributed by atoms with Crippen molar-refractivity contribution >= 4 is 16.6 Å². The number of nitrogens with zero attached hydrogens (tertiary/aromatic N) is 1. The highest BCUT2D eigenvalue weighted by Crippen LogP contribution is 2.20. The van der Waals surface area contributed by atoms with Gasteiger partial charge in [-0.15, -0.1) is 0 Å². The third-order valence-corrected chi connectivity index (χ3v) is 4.54. The predicted molar refractivity (Wildman–Crippen MR) is 68.0 cm³/mol. The Morgan fingerprint density at radius 2 is 2.12 bits per heavy atom. The number of aryl methyl sites for hydroxylation is 1. The molecule has 0 aliphatic heterocycles. The zero-order chi connectivity index (χ0) is 13.6. The first-order valence-corrected chi connectivity index (χ1v) is 6.91. The maximum absolute atomic E-state index is 12.2. The molecule has 94 valence electrons. The molecular formula is C12H17NO3S. The summed E-state index contributed by atoms with van der Waals surface area (Å²) in [6, 6.07) is 6.65. The summed E-state index contributed by atoms with van der Waals surface area (Å²) in [6.07, 6.45) is 0.761. The van der Waals surface area contributed by atoms with Gasteiger partial charge in [0.15, 0.2) is 5.37 Å². The summed E-state index contributed by atoms with van der Waals surface area (Å²) in [6.45, 7) is 5.42. The van der Waals surface area contributed by atoms with Gasteiger partial charge in [-0.25, -0.2) is 8.42 Å². The average Bonchev–Trinajstić information content (AvgIpc) is 2.35. The normalized spacial score (nSPS) is 14.1. The van der Waals surface area contributed by atoms with Gasteiger partial charge in [0, 0.05) is 6.61 Å². The van der Waals surface area contributed by atoms with Crippen LogP contribution in [0.2, 0.25) is 0 Å². The molecule has 0 heterocycles. The van der Waals surface area contributed by atoms with E-state index < -0.39 is 15.2 Å². The molecule has 0 saturated carbocycles. The first-order valence-electron chi connectivity index (χ1n) is 5.77. The fourth-order valence-electron chi connectivity index (χ4n) is 1.49. The maximum Gasteiger partial charge on any atom is 0.210 e. The lowest BCUT2D eigenvalue weighted by atomic mass is 10.2. The van der Waals surface area contributed by atoms with Crippen molar-refractivity contribution in [2.75, 3.05) is 6.61 Å². The van der Waals surface area contributed by atoms with Crippen molar-refractivity contribution in [1.82, 2.24) is 0 Å². The van der Waals surface area contributed by atoms with Crippen molar-refractivity contribution < 1.29 is 13.5 Å². The molecule has 1 aromatic rings. The van der Waals surface area contributed by atoms with E-state index in [9.17, 15) is 8.42 Å². The molecule has 5 heteroatoms. The highest BCUT2D eigenvalue weighted by atomic mass is 32.2. The number of aliphatic hydroxyl groups excluding tert-OH is 1. The Morgan fingerprint density at radius 3 is 2.65 bits per heavy atom. The summed E-state index contributed by atoms with van der Waals surface area (Å²) in [4.78, 5) is 3.92. The van der Waals surface area contributed by atoms with Crippen LogP contribution in [-0.2, 0) is 9.84 Å². The van der Waals surface area contributed by atoms with Crippen LogP contribution in [0.5, 0.6) is 0 Å². The van der Waals surface area contributed by atoms with Gasteiger partial charge in [-0.05, 0) is 38.6 Å². The van der Waals surface area contributed by atoms with Gasteiger partial charge in [-0.1, -0.05) is 17.7 Å². The van der Waals surface area contributed by atoms with Gasteiger partial charge in [0.05, 0.1) is 4.90 Å². The van der Waals surface area contributed by atoms with Crippen LogP contribution in [-0.4, -0.2) is 33.7 Å². The third-order valence-electron chi connectivity index (χ3n) is 2.51. The first-order chi connectivity index (χ1) is 8.52. The van der Waals surface area contributed by atoms with Crippen LogP contribution in [0, 0.1) is 6.92 Å². The van der Waals surface area contributed by atoms with E-state index in [4.69, 9.17) is 1.43 Å². The van der Waals surface area contributed by atoms with Crippen LogP contribution < -0.4 is 0 Å². The lowest BCUT2D eigenvalue weighted by molar-refractivity contribution is 0.284. The van der Waals surface area contributed by atoms with E-state index in [0.29, 0.717) is 12.8 Å². The van der Waals surface area contributed by atoms with Gasteiger partial charge in [0.25, 0.3) is 0 Å². The number of hydrogen-bond donors (Lipinski definition) is 1. The number of benzene rings is 1. The number of aliphatic imine (C=N–C) groups is 1. The standard InChI is InChI=1S/C12H17NO3S/c1-10-5-7-11(8-6-10)17(15,16)12(13-2)4-3-9-14/h5-8,12,14H,2-4,9H2,1H3/i14T.